The largest absolute Gasteiger partial charge is 0.490 e. The average molecular weight is 253 g/mol. The molecule has 2 N–H and O–H groups in total. The van der Waals surface area contributed by atoms with Gasteiger partial charge in [-0.25, -0.2) is 0 Å². The molecular weight excluding hydrogens is 238 g/mol. The lowest BCUT2D eigenvalue weighted by Crippen LogP contribution is -2.23. The highest BCUT2D eigenvalue weighted by molar-refractivity contribution is 7.80. The molecule has 1 unspecified atom stereocenters. The van der Waals surface area contributed by atoms with Gasteiger partial charge in [-0.3, -0.25) is 0 Å². The van der Waals surface area contributed by atoms with Crippen molar-refractivity contribution in [3.05, 3.63) is 18.2 Å². The van der Waals surface area contributed by atoms with Crippen molar-refractivity contribution in [2.75, 3.05) is 6.79 Å². The minimum Gasteiger partial charge on any atom is -0.490 e. The highest BCUT2D eigenvalue weighted by atomic mass is 32.1. The summed E-state index contributed by atoms with van der Waals surface area (Å²) in [6.07, 6.45) is 1.44. The molecule has 0 bridgehead atoms. The lowest BCUT2D eigenvalue weighted by molar-refractivity contribution is 0.173. The first-order valence-electron chi connectivity index (χ1n) is 5.53. The van der Waals surface area contributed by atoms with E-state index in [1.165, 1.54) is 0 Å². The molecule has 0 saturated heterocycles. The first-order chi connectivity index (χ1) is 8.19. The van der Waals surface area contributed by atoms with Gasteiger partial charge >= 0.3 is 0 Å². The van der Waals surface area contributed by atoms with Gasteiger partial charge in [-0.05, 0) is 18.6 Å². The number of benzene rings is 1. The van der Waals surface area contributed by atoms with Crippen LogP contribution >= 0.6 is 12.2 Å². The van der Waals surface area contributed by atoms with E-state index in [1.54, 1.807) is 0 Å². The third-order valence-electron chi connectivity index (χ3n) is 2.53. The Labute approximate surface area is 106 Å². The summed E-state index contributed by atoms with van der Waals surface area (Å²) >= 11 is 4.89. The number of nitrogens with two attached hydrogens (primary N) is 1. The van der Waals surface area contributed by atoms with Crippen molar-refractivity contribution < 1.29 is 14.2 Å². The maximum absolute atomic E-state index is 5.80. The van der Waals surface area contributed by atoms with Gasteiger partial charge in [-0.2, -0.15) is 0 Å². The zero-order chi connectivity index (χ0) is 12.3. The number of hydrogen-bond acceptors (Lipinski definition) is 4. The van der Waals surface area contributed by atoms with Crippen molar-refractivity contribution in [2.45, 2.75) is 25.9 Å². The highest BCUT2D eigenvalue weighted by Crippen LogP contribution is 2.35. The summed E-state index contributed by atoms with van der Waals surface area (Å²) in [5.41, 5.74) is 5.52. The van der Waals surface area contributed by atoms with Crippen molar-refractivity contribution in [1.82, 2.24) is 0 Å². The lowest BCUT2D eigenvalue weighted by Gasteiger charge is -2.17. The summed E-state index contributed by atoms with van der Waals surface area (Å²) < 4.78 is 16.3. The van der Waals surface area contributed by atoms with Crippen LogP contribution in [0.15, 0.2) is 18.2 Å². The van der Waals surface area contributed by atoms with Gasteiger partial charge in [0, 0.05) is 12.5 Å². The molecule has 0 fully saturated rings. The van der Waals surface area contributed by atoms with Crippen LogP contribution < -0.4 is 19.9 Å². The van der Waals surface area contributed by atoms with E-state index in [2.05, 4.69) is 0 Å². The first kappa shape index (κ1) is 12.0. The average Bonchev–Trinajstić information content (AvgIpc) is 2.74. The summed E-state index contributed by atoms with van der Waals surface area (Å²) in [5.74, 6) is 2.21. The molecule has 4 nitrogen and oxygen atoms in total. The molecule has 92 valence electrons. The van der Waals surface area contributed by atoms with Gasteiger partial charge in [0.15, 0.2) is 11.5 Å². The van der Waals surface area contributed by atoms with Gasteiger partial charge in [0.05, 0.1) is 4.99 Å². The Morgan fingerprint density at radius 3 is 2.94 bits per heavy atom. The van der Waals surface area contributed by atoms with Gasteiger partial charge in [0.2, 0.25) is 6.79 Å². The smallest absolute Gasteiger partial charge is 0.231 e. The predicted octanol–water partition coefficient (Wildman–Crippen LogP) is 2.25. The zero-order valence-corrected chi connectivity index (χ0v) is 10.5. The van der Waals surface area contributed by atoms with E-state index in [1.807, 2.05) is 25.1 Å². The van der Waals surface area contributed by atoms with Crippen LogP contribution in [0.1, 0.15) is 19.8 Å². The summed E-state index contributed by atoms with van der Waals surface area (Å²) in [6, 6.07) is 5.52. The molecule has 0 spiro atoms. The molecule has 2 rings (SSSR count). The van der Waals surface area contributed by atoms with Gasteiger partial charge in [0.25, 0.3) is 0 Å². The van der Waals surface area contributed by atoms with E-state index >= 15 is 0 Å². The second kappa shape index (κ2) is 5.23. The van der Waals surface area contributed by atoms with E-state index < -0.39 is 0 Å². The molecule has 0 saturated carbocycles. The molecular formula is C12H15NO3S. The maximum atomic E-state index is 5.80. The van der Waals surface area contributed by atoms with Crippen molar-refractivity contribution >= 4 is 17.2 Å². The van der Waals surface area contributed by atoms with Crippen molar-refractivity contribution in [1.29, 1.82) is 0 Å². The van der Waals surface area contributed by atoms with Crippen molar-refractivity contribution in [2.24, 2.45) is 5.73 Å². The normalized spacial score (nSPS) is 14.4. The Kier molecular flexibility index (Phi) is 3.68. The molecule has 0 amide bonds. The van der Waals surface area contributed by atoms with Crippen LogP contribution in [-0.2, 0) is 0 Å². The predicted molar refractivity (Wildman–Crippen MR) is 68.7 cm³/mol. The van der Waals surface area contributed by atoms with Crippen LogP contribution in [0, 0.1) is 0 Å². The Hall–Kier alpha value is -1.49. The third kappa shape index (κ3) is 3.00. The fraction of sp³-hybridized carbons (Fsp3) is 0.417. The molecule has 1 atom stereocenters. The SMILES string of the molecule is CCC(CC(N)=S)Oc1ccc2c(c1)OCO2. The van der Waals surface area contributed by atoms with Crippen LogP contribution in [0.2, 0.25) is 0 Å². The van der Waals surface area contributed by atoms with Crippen LogP contribution in [0.4, 0.5) is 0 Å². The number of hydrogen-bond donors (Lipinski definition) is 1. The Bertz CT molecular complexity index is 422. The number of ether oxygens (including phenoxy) is 3. The van der Waals surface area contributed by atoms with Gasteiger partial charge in [-0.15, -0.1) is 0 Å². The first-order valence-corrected chi connectivity index (χ1v) is 5.94. The van der Waals surface area contributed by atoms with Crippen molar-refractivity contribution in [3.63, 3.8) is 0 Å². The molecule has 17 heavy (non-hydrogen) atoms. The van der Waals surface area contributed by atoms with E-state index in [4.69, 9.17) is 32.2 Å². The highest BCUT2D eigenvalue weighted by Gasteiger charge is 2.16. The van der Waals surface area contributed by atoms with Gasteiger partial charge < -0.3 is 19.9 Å². The van der Waals surface area contributed by atoms with Crippen LogP contribution in [0.5, 0.6) is 17.2 Å². The Balaban J connectivity index is 2.04. The topological polar surface area (TPSA) is 53.7 Å². The molecule has 1 heterocycles. The van der Waals surface area contributed by atoms with Crippen LogP contribution in [0.3, 0.4) is 0 Å². The summed E-state index contributed by atoms with van der Waals surface area (Å²) in [7, 11) is 0. The molecule has 0 radical (unpaired) electrons. The van der Waals surface area contributed by atoms with E-state index in [9.17, 15) is 0 Å². The van der Waals surface area contributed by atoms with E-state index in [0.29, 0.717) is 17.2 Å². The second-order valence-corrected chi connectivity index (χ2v) is 4.36. The molecule has 5 heteroatoms. The summed E-state index contributed by atoms with van der Waals surface area (Å²) in [4.78, 5) is 0.470. The standard InChI is InChI=1S/C12H15NO3S/c1-2-8(6-12(13)17)16-9-3-4-10-11(5-9)15-7-14-10/h3-5,8H,2,6-7H2,1H3,(H2,13,17). The van der Waals surface area contributed by atoms with E-state index in [-0.39, 0.29) is 12.9 Å². The second-order valence-electron chi connectivity index (χ2n) is 3.83. The van der Waals surface area contributed by atoms with Crippen molar-refractivity contribution in [3.8, 4) is 17.2 Å². The monoisotopic (exact) mass is 253 g/mol. The van der Waals surface area contributed by atoms with Crippen LogP contribution in [0.25, 0.3) is 0 Å². The molecule has 1 aromatic rings. The Morgan fingerprint density at radius 1 is 1.47 bits per heavy atom. The fourth-order valence-electron chi connectivity index (χ4n) is 1.64. The zero-order valence-electron chi connectivity index (χ0n) is 9.64. The quantitative estimate of drug-likeness (QED) is 0.816. The molecule has 1 aliphatic rings. The molecule has 0 aliphatic carbocycles. The van der Waals surface area contributed by atoms with Crippen LogP contribution in [-0.4, -0.2) is 17.9 Å². The van der Waals surface area contributed by atoms with Gasteiger partial charge in [0.1, 0.15) is 11.9 Å². The van der Waals surface area contributed by atoms with Gasteiger partial charge in [-0.1, -0.05) is 19.1 Å². The summed E-state index contributed by atoms with van der Waals surface area (Å²) in [5, 5.41) is 0. The minimum absolute atomic E-state index is 0.00729. The molecule has 1 aliphatic heterocycles. The maximum Gasteiger partial charge on any atom is 0.231 e. The number of fused-ring (bicyclic) bond motifs is 1. The van der Waals surface area contributed by atoms with E-state index in [0.717, 1.165) is 17.9 Å². The molecule has 0 aromatic heterocycles. The fourth-order valence-corrected chi connectivity index (χ4v) is 1.82. The third-order valence-corrected chi connectivity index (χ3v) is 2.70. The number of thiocarbonyl (C=S) groups is 1. The lowest BCUT2D eigenvalue weighted by atomic mass is 10.2. The minimum atomic E-state index is 0.00729. The molecule has 1 aromatic carbocycles. The summed E-state index contributed by atoms with van der Waals surface area (Å²) in [6.45, 7) is 2.30. The number of rotatable bonds is 5. The Morgan fingerprint density at radius 2 is 2.24 bits per heavy atom.